The fourth-order valence-electron chi connectivity index (χ4n) is 2.08. The molecule has 0 aromatic heterocycles. The monoisotopic (exact) mass is 216 g/mol. The van der Waals surface area contributed by atoms with Crippen molar-refractivity contribution in [3.63, 3.8) is 0 Å². The van der Waals surface area contributed by atoms with E-state index in [1.165, 1.54) is 6.08 Å². The molecule has 0 saturated heterocycles. The lowest BCUT2D eigenvalue weighted by Crippen LogP contribution is -2.33. The van der Waals surface area contributed by atoms with Crippen molar-refractivity contribution in [2.75, 3.05) is 11.9 Å². The average Bonchev–Trinajstić information content (AvgIpc) is 2.42. The van der Waals surface area contributed by atoms with Crippen LogP contribution in [0.25, 0.3) is 0 Å². The Labute approximate surface area is 93.6 Å². The minimum Gasteiger partial charge on any atom is -0.314 e. The topological polar surface area (TPSA) is 49.7 Å². The summed E-state index contributed by atoms with van der Waals surface area (Å²) in [6, 6.07) is 5.27. The van der Waals surface area contributed by atoms with Crippen molar-refractivity contribution in [2.24, 2.45) is 4.99 Å². The Hall–Kier alpha value is -1.93. The van der Waals surface area contributed by atoms with Gasteiger partial charge in [0.1, 0.15) is 0 Å². The Morgan fingerprint density at radius 2 is 2.06 bits per heavy atom. The third kappa shape index (κ3) is 1.27. The normalized spacial score (nSPS) is 16.9. The predicted octanol–water partition coefficient (Wildman–Crippen LogP) is 1.91. The lowest BCUT2D eigenvalue weighted by molar-refractivity contribution is -0.121. The van der Waals surface area contributed by atoms with Gasteiger partial charge < -0.3 is 4.90 Å². The highest BCUT2D eigenvalue weighted by Gasteiger charge is 2.42. The first-order valence-corrected chi connectivity index (χ1v) is 4.99. The molecule has 4 nitrogen and oxygen atoms in total. The van der Waals surface area contributed by atoms with Crippen molar-refractivity contribution < 1.29 is 9.59 Å². The minimum atomic E-state index is -0.557. The fraction of sp³-hybridized carbons (Fsp3) is 0.333. The Morgan fingerprint density at radius 1 is 1.38 bits per heavy atom. The molecule has 1 aliphatic rings. The van der Waals surface area contributed by atoms with E-state index in [2.05, 4.69) is 4.99 Å². The first-order chi connectivity index (χ1) is 7.48. The number of fused-ring (bicyclic) bond motifs is 1. The number of benzene rings is 1. The molecule has 0 spiro atoms. The van der Waals surface area contributed by atoms with Crippen molar-refractivity contribution in [1.82, 2.24) is 0 Å². The van der Waals surface area contributed by atoms with Crippen molar-refractivity contribution >= 4 is 23.4 Å². The highest BCUT2D eigenvalue weighted by Crippen LogP contribution is 2.42. The first-order valence-electron chi connectivity index (χ1n) is 4.99. The number of aliphatic imine (C=N–C) groups is 1. The van der Waals surface area contributed by atoms with Crippen LogP contribution in [0.2, 0.25) is 0 Å². The molecule has 1 aromatic carbocycles. The van der Waals surface area contributed by atoms with Gasteiger partial charge in [-0.2, -0.15) is 4.99 Å². The zero-order valence-corrected chi connectivity index (χ0v) is 9.44. The summed E-state index contributed by atoms with van der Waals surface area (Å²) in [6.07, 6.45) is 1.50. The summed E-state index contributed by atoms with van der Waals surface area (Å²) in [6.45, 7) is 3.73. The van der Waals surface area contributed by atoms with Crippen molar-refractivity contribution in [3.05, 3.63) is 23.8 Å². The Morgan fingerprint density at radius 3 is 2.69 bits per heavy atom. The molecule has 4 heteroatoms. The number of rotatable bonds is 1. The lowest BCUT2D eigenvalue weighted by atomic mass is 9.86. The van der Waals surface area contributed by atoms with Crippen LogP contribution in [0, 0.1) is 0 Å². The number of isocyanates is 1. The second kappa shape index (κ2) is 3.29. The number of carbonyl (C=O) groups is 1. The molecular weight excluding hydrogens is 204 g/mol. The fourth-order valence-corrected chi connectivity index (χ4v) is 2.08. The molecule has 0 aliphatic carbocycles. The highest BCUT2D eigenvalue weighted by molar-refractivity contribution is 6.07. The molecule has 82 valence electrons. The van der Waals surface area contributed by atoms with Gasteiger partial charge in [0, 0.05) is 12.7 Å². The Kier molecular flexibility index (Phi) is 2.17. The molecular formula is C12H12N2O2. The van der Waals surface area contributed by atoms with Crippen molar-refractivity contribution in [1.29, 1.82) is 0 Å². The van der Waals surface area contributed by atoms with Gasteiger partial charge in [0.25, 0.3) is 0 Å². The summed E-state index contributed by atoms with van der Waals surface area (Å²) in [7, 11) is 1.75. The summed E-state index contributed by atoms with van der Waals surface area (Å²) in [5.41, 5.74) is 1.75. The molecule has 1 aliphatic heterocycles. The maximum atomic E-state index is 12.0. The van der Waals surface area contributed by atoms with Crippen LogP contribution in [0.4, 0.5) is 11.4 Å². The minimum absolute atomic E-state index is 0.0507. The van der Waals surface area contributed by atoms with E-state index < -0.39 is 5.41 Å². The number of hydrogen-bond donors (Lipinski definition) is 0. The van der Waals surface area contributed by atoms with E-state index in [0.29, 0.717) is 5.69 Å². The molecule has 0 saturated carbocycles. The van der Waals surface area contributed by atoms with E-state index in [4.69, 9.17) is 0 Å². The van der Waals surface area contributed by atoms with Crippen LogP contribution < -0.4 is 4.90 Å². The molecule has 0 bridgehead atoms. The quantitative estimate of drug-likeness (QED) is 0.531. The first kappa shape index (κ1) is 10.6. The van der Waals surface area contributed by atoms with Gasteiger partial charge in [-0.25, -0.2) is 4.79 Å². The number of carbonyl (C=O) groups excluding carboxylic acids is 2. The molecule has 0 fully saturated rings. The molecule has 2 rings (SSSR count). The summed E-state index contributed by atoms with van der Waals surface area (Å²) in [5, 5.41) is 0. The summed E-state index contributed by atoms with van der Waals surface area (Å²) in [5.74, 6) is 0.0507. The number of likely N-dealkylation sites (N-methyl/N-ethyl adjacent to an activating group) is 1. The smallest absolute Gasteiger partial charge is 0.240 e. The van der Waals surface area contributed by atoms with Crippen LogP contribution in [-0.4, -0.2) is 19.0 Å². The van der Waals surface area contributed by atoms with Crippen LogP contribution in [0.15, 0.2) is 23.2 Å². The highest BCUT2D eigenvalue weighted by atomic mass is 16.2. The van der Waals surface area contributed by atoms with Gasteiger partial charge in [-0.1, -0.05) is 0 Å². The van der Waals surface area contributed by atoms with Crippen LogP contribution in [-0.2, 0) is 15.0 Å². The third-order valence-electron chi connectivity index (χ3n) is 3.03. The van der Waals surface area contributed by atoms with E-state index >= 15 is 0 Å². The zero-order valence-electron chi connectivity index (χ0n) is 9.44. The van der Waals surface area contributed by atoms with Crippen LogP contribution >= 0.6 is 0 Å². The van der Waals surface area contributed by atoms with Gasteiger partial charge >= 0.3 is 0 Å². The van der Waals surface area contributed by atoms with Crippen molar-refractivity contribution in [3.8, 4) is 0 Å². The molecule has 0 radical (unpaired) electrons. The van der Waals surface area contributed by atoms with Gasteiger partial charge in [0.2, 0.25) is 12.0 Å². The maximum absolute atomic E-state index is 12.0. The number of nitrogens with zero attached hydrogens (tertiary/aromatic N) is 2. The van der Waals surface area contributed by atoms with Crippen LogP contribution in [0.3, 0.4) is 0 Å². The average molecular weight is 216 g/mol. The number of hydrogen-bond acceptors (Lipinski definition) is 3. The van der Waals surface area contributed by atoms with Gasteiger partial charge in [-0.05, 0) is 37.6 Å². The van der Waals surface area contributed by atoms with E-state index in [9.17, 15) is 9.59 Å². The number of anilines is 1. The van der Waals surface area contributed by atoms with E-state index in [0.717, 1.165) is 11.3 Å². The standard InChI is InChI=1S/C12H12N2O2/c1-12(2)9-6-8(13-7-15)4-5-10(9)14(3)11(12)16/h4-6H,1-3H3. The van der Waals surface area contributed by atoms with Gasteiger partial charge in [-0.3, -0.25) is 4.79 Å². The van der Waals surface area contributed by atoms with Gasteiger partial charge in [-0.15, -0.1) is 0 Å². The van der Waals surface area contributed by atoms with Gasteiger partial charge in [0.15, 0.2) is 0 Å². The lowest BCUT2D eigenvalue weighted by Gasteiger charge is -2.16. The maximum Gasteiger partial charge on any atom is 0.240 e. The molecule has 0 atom stereocenters. The summed E-state index contributed by atoms with van der Waals surface area (Å²) < 4.78 is 0. The van der Waals surface area contributed by atoms with Gasteiger partial charge in [0.05, 0.1) is 11.1 Å². The summed E-state index contributed by atoms with van der Waals surface area (Å²) >= 11 is 0. The summed E-state index contributed by atoms with van der Waals surface area (Å²) in [4.78, 5) is 27.4. The van der Waals surface area contributed by atoms with Crippen LogP contribution in [0.5, 0.6) is 0 Å². The van der Waals surface area contributed by atoms with E-state index in [1.807, 2.05) is 13.8 Å². The van der Waals surface area contributed by atoms with Crippen LogP contribution in [0.1, 0.15) is 19.4 Å². The molecule has 0 unspecified atom stereocenters. The zero-order chi connectivity index (χ0) is 11.9. The van der Waals surface area contributed by atoms with E-state index in [1.54, 1.807) is 30.1 Å². The molecule has 1 amide bonds. The predicted molar refractivity (Wildman–Crippen MR) is 60.7 cm³/mol. The van der Waals surface area contributed by atoms with E-state index in [-0.39, 0.29) is 5.91 Å². The largest absolute Gasteiger partial charge is 0.314 e. The molecule has 1 aromatic rings. The molecule has 1 heterocycles. The third-order valence-corrected chi connectivity index (χ3v) is 3.03. The SMILES string of the molecule is CN1C(=O)C(C)(C)c2cc(N=C=O)ccc21. The molecule has 16 heavy (non-hydrogen) atoms. The second-order valence-corrected chi connectivity index (χ2v) is 4.39. The Bertz CT molecular complexity index is 514. The second-order valence-electron chi connectivity index (χ2n) is 4.39. The number of amides is 1. The Balaban J connectivity index is 2.65. The molecule has 0 N–H and O–H groups in total. The van der Waals surface area contributed by atoms with Crippen molar-refractivity contribution in [2.45, 2.75) is 19.3 Å².